The lowest BCUT2D eigenvalue weighted by atomic mass is 9.92. The topological polar surface area (TPSA) is 37.3 Å². The van der Waals surface area contributed by atoms with E-state index in [9.17, 15) is 9.90 Å². The minimum atomic E-state index is -0.910. The zero-order valence-corrected chi connectivity index (χ0v) is 12.2. The lowest BCUT2D eigenvalue weighted by Crippen LogP contribution is -2.02. The van der Waals surface area contributed by atoms with E-state index in [1.54, 1.807) is 12.1 Å². The van der Waals surface area contributed by atoms with Gasteiger partial charge in [0.2, 0.25) is 0 Å². The third-order valence-corrected chi connectivity index (χ3v) is 3.60. The molecule has 0 fully saturated rings. The standard InChI is InChI=1S/C17H17ClO2/c1-2-5-13-6-3-4-7-14(13)16-10-12(11-18)8-9-15(16)17(19)20/h3-4,6-10H,2,5,11H2,1H3,(H,19,20). The van der Waals surface area contributed by atoms with Gasteiger partial charge in [-0.25, -0.2) is 4.79 Å². The Kier molecular flexibility index (Phi) is 4.80. The molecule has 2 rings (SSSR count). The fourth-order valence-corrected chi connectivity index (χ4v) is 2.52. The van der Waals surface area contributed by atoms with Crippen molar-refractivity contribution in [1.29, 1.82) is 0 Å². The molecule has 0 spiro atoms. The zero-order chi connectivity index (χ0) is 14.5. The molecule has 3 heteroatoms. The summed E-state index contributed by atoms with van der Waals surface area (Å²) in [6.45, 7) is 2.12. The minimum Gasteiger partial charge on any atom is -0.478 e. The van der Waals surface area contributed by atoms with Crippen LogP contribution in [-0.4, -0.2) is 11.1 Å². The van der Waals surface area contributed by atoms with Crippen molar-refractivity contribution in [2.75, 3.05) is 0 Å². The molecule has 0 unspecified atom stereocenters. The van der Waals surface area contributed by atoms with Gasteiger partial charge in [0, 0.05) is 5.88 Å². The van der Waals surface area contributed by atoms with Gasteiger partial charge in [-0.3, -0.25) is 0 Å². The van der Waals surface area contributed by atoms with E-state index in [4.69, 9.17) is 11.6 Å². The number of benzene rings is 2. The van der Waals surface area contributed by atoms with E-state index in [0.29, 0.717) is 11.4 Å². The predicted molar refractivity (Wildman–Crippen MR) is 82.4 cm³/mol. The van der Waals surface area contributed by atoms with Crippen LogP contribution in [0.15, 0.2) is 42.5 Å². The summed E-state index contributed by atoms with van der Waals surface area (Å²) in [4.78, 5) is 11.4. The van der Waals surface area contributed by atoms with Crippen molar-refractivity contribution in [2.45, 2.75) is 25.6 Å². The van der Waals surface area contributed by atoms with Crippen molar-refractivity contribution in [2.24, 2.45) is 0 Å². The molecular weight excluding hydrogens is 272 g/mol. The van der Waals surface area contributed by atoms with E-state index in [1.165, 1.54) is 5.56 Å². The summed E-state index contributed by atoms with van der Waals surface area (Å²) >= 11 is 5.87. The van der Waals surface area contributed by atoms with Crippen LogP contribution in [0.2, 0.25) is 0 Å². The van der Waals surface area contributed by atoms with Crippen LogP contribution in [0.3, 0.4) is 0 Å². The first kappa shape index (κ1) is 14.6. The number of hydrogen-bond donors (Lipinski definition) is 1. The number of aromatic carboxylic acids is 1. The van der Waals surface area contributed by atoms with Gasteiger partial charge in [0.05, 0.1) is 5.56 Å². The molecule has 0 saturated heterocycles. The Morgan fingerprint density at radius 2 is 1.90 bits per heavy atom. The smallest absolute Gasteiger partial charge is 0.336 e. The molecule has 0 aliphatic heterocycles. The third kappa shape index (κ3) is 3.02. The Hall–Kier alpha value is -1.80. The number of carbonyl (C=O) groups is 1. The van der Waals surface area contributed by atoms with Crippen molar-refractivity contribution in [3.8, 4) is 11.1 Å². The van der Waals surface area contributed by atoms with Crippen molar-refractivity contribution >= 4 is 17.6 Å². The van der Waals surface area contributed by atoms with Gasteiger partial charge in [-0.1, -0.05) is 43.7 Å². The summed E-state index contributed by atoms with van der Waals surface area (Å²) < 4.78 is 0. The van der Waals surface area contributed by atoms with E-state index >= 15 is 0 Å². The number of aryl methyl sites for hydroxylation is 1. The molecule has 0 bridgehead atoms. The highest BCUT2D eigenvalue weighted by molar-refractivity contribution is 6.17. The van der Waals surface area contributed by atoms with Gasteiger partial charge in [0.15, 0.2) is 0 Å². The Morgan fingerprint density at radius 3 is 2.55 bits per heavy atom. The van der Waals surface area contributed by atoms with Crippen LogP contribution in [-0.2, 0) is 12.3 Å². The summed E-state index contributed by atoms with van der Waals surface area (Å²) in [5, 5.41) is 9.38. The van der Waals surface area contributed by atoms with E-state index in [0.717, 1.165) is 29.5 Å². The highest BCUT2D eigenvalue weighted by Gasteiger charge is 2.14. The lowest BCUT2D eigenvalue weighted by Gasteiger charge is -2.12. The van der Waals surface area contributed by atoms with E-state index in [1.807, 2.05) is 24.3 Å². The van der Waals surface area contributed by atoms with Crippen LogP contribution < -0.4 is 0 Å². The average molecular weight is 289 g/mol. The van der Waals surface area contributed by atoms with Gasteiger partial charge in [-0.15, -0.1) is 11.6 Å². The number of rotatable bonds is 5. The van der Waals surface area contributed by atoms with Crippen LogP contribution in [0, 0.1) is 0 Å². The summed E-state index contributed by atoms with van der Waals surface area (Å²) in [6.07, 6.45) is 1.95. The monoisotopic (exact) mass is 288 g/mol. The fraction of sp³-hybridized carbons (Fsp3) is 0.235. The Labute approximate surface area is 124 Å². The maximum absolute atomic E-state index is 11.4. The van der Waals surface area contributed by atoms with Crippen LogP contribution in [0.25, 0.3) is 11.1 Å². The van der Waals surface area contributed by atoms with Crippen LogP contribution in [0.1, 0.15) is 34.8 Å². The minimum absolute atomic E-state index is 0.322. The van der Waals surface area contributed by atoms with Gasteiger partial charge in [-0.05, 0) is 40.8 Å². The number of halogens is 1. The molecule has 2 aromatic carbocycles. The first-order valence-corrected chi connectivity index (χ1v) is 7.21. The molecule has 104 valence electrons. The molecule has 0 atom stereocenters. The van der Waals surface area contributed by atoms with E-state index in [2.05, 4.69) is 13.0 Å². The zero-order valence-electron chi connectivity index (χ0n) is 11.4. The van der Waals surface area contributed by atoms with E-state index in [-0.39, 0.29) is 0 Å². The van der Waals surface area contributed by atoms with Crippen LogP contribution in [0.5, 0.6) is 0 Å². The van der Waals surface area contributed by atoms with Crippen molar-refractivity contribution in [3.63, 3.8) is 0 Å². The Bertz CT molecular complexity index is 620. The molecule has 0 heterocycles. The summed E-state index contributed by atoms with van der Waals surface area (Å²) in [7, 11) is 0. The number of alkyl halides is 1. The van der Waals surface area contributed by atoms with Gasteiger partial charge >= 0.3 is 5.97 Å². The van der Waals surface area contributed by atoms with Crippen molar-refractivity contribution < 1.29 is 9.90 Å². The third-order valence-electron chi connectivity index (χ3n) is 3.30. The normalized spacial score (nSPS) is 10.5. The second-order valence-electron chi connectivity index (χ2n) is 4.73. The molecule has 0 amide bonds. The quantitative estimate of drug-likeness (QED) is 0.807. The molecule has 0 radical (unpaired) electrons. The lowest BCUT2D eigenvalue weighted by molar-refractivity contribution is 0.0697. The summed E-state index contributed by atoms with van der Waals surface area (Å²) in [5.41, 5.74) is 4.16. The molecule has 2 nitrogen and oxygen atoms in total. The van der Waals surface area contributed by atoms with Gasteiger partial charge < -0.3 is 5.11 Å². The SMILES string of the molecule is CCCc1ccccc1-c1cc(CCl)ccc1C(=O)O. The maximum Gasteiger partial charge on any atom is 0.336 e. The molecular formula is C17H17ClO2. The molecule has 0 aliphatic rings. The van der Waals surface area contributed by atoms with Gasteiger partial charge in [0.25, 0.3) is 0 Å². The van der Waals surface area contributed by atoms with Gasteiger partial charge in [-0.2, -0.15) is 0 Å². The Morgan fingerprint density at radius 1 is 1.15 bits per heavy atom. The predicted octanol–water partition coefficient (Wildman–Crippen LogP) is 4.74. The fourth-order valence-electron chi connectivity index (χ4n) is 2.35. The van der Waals surface area contributed by atoms with Crippen LogP contribution in [0.4, 0.5) is 0 Å². The molecule has 1 N–H and O–H groups in total. The highest BCUT2D eigenvalue weighted by Crippen LogP contribution is 2.29. The van der Waals surface area contributed by atoms with Crippen molar-refractivity contribution in [3.05, 3.63) is 59.2 Å². The molecule has 20 heavy (non-hydrogen) atoms. The second kappa shape index (κ2) is 6.58. The highest BCUT2D eigenvalue weighted by atomic mass is 35.5. The molecule has 2 aromatic rings. The summed E-state index contributed by atoms with van der Waals surface area (Å²) in [5.74, 6) is -0.532. The van der Waals surface area contributed by atoms with E-state index < -0.39 is 5.97 Å². The average Bonchev–Trinajstić information content (AvgIpc) is 2.47. The van der Waals surface area contributed by atoms with Crippen molar-refractivity contribution in [1.82, 2.24) is 0 Å². The first-order valence-electron chi connectivity index (χ1n) is 6.67. The maximum atomic E-state index is 11.4. The molecule has 0 saturated carbocycles. The van der Waals surface area contributed by atoms with Crippen LogP contribution >= 0.6 is 11.6 Å². The largest absolute Gasteiger partial charge is 0.478 e. The molecule has 0 aliphatic carbocycles. The Balaban J connectivity index is 2.63. The first-order chi connectivity index (χ1) is 9.67. The summed E-state index contributed by atoms with van der Waals surface area (Å²) in [6, 6.07) is 13.2. The number of carboxylic acids is 1. The second-order valence-corrected chi connectivity index (χ2v) is 4.99. The molecule has 0 aromatic heterocycles. The number of carboxylic acid groups (broad SMARTS) is 1. The van der Waals surface area contributed by atoms with Gasteiger partial charge in [0.1, 0.15) is 0 Å². The number of hydrogen-bond acceptors (Lipinski definition) is 1.